The van der Waals surface area contributed by atoms with Gasteiger partial charge in [0.05, 0.1) is 0 Å². The second-order valence-electron chi connectivity index (χ2n) is 6.13. The van der Waals surface area contributed by atoms with Crippen LogP contribution in [0.5, 0.6) is 0 Å². The fourth-order valence-corrected chi connectivity index (χ4v) is 3.19. The minimum atomic E-state index is 0.532. The van der Waals surface area contributed by atoms with Crippen LogP contribution in [-0.2, 0) is 6.42 Å². The molecule has 25 heavy (non-hydrogen) atoms. The van der Waals surface area contributed by atoms with Gasteiger partial charge in [0.25, 0.3) is 0 Å². The standard InChI is InChI=1S/C20H17ClN4/c1-13-10-24-20-18(16-3-2-4-17(21)9-16)8-15(12-25(13)20)7-14-5-6-19(22)23-11-14/h2-6,8-12H,7H2,1H3,(H2,22,23). The number of nitrogens with two attached hydrogens (primary N) is 1. The van der Waals surface area contributed by atoms with Gasteiger partial charge in [0.1, 0.15) is 11.5 Å². The van der Waals surface area contributed by atoms with Gasteiger partial charge in [-0.1, -0.05) is 29.8 Å². The van der Waals surface area contributed by atoms with Crippen molar-refractivity contribution in [2.24, 2.45) is 0 Å². The lowest BCUT2D eigenvalue weighted by Crippen LogP contribution is -1.98. The molecule has 0 bridgehead atoms. The van der Waals surface area contributed by atoms with Crippen LogP contribution in [0.25, 0.3) is 16.8 Å². The molecule has 0 spiro atoms. The number of hydrogen-bond acceptors (Lipinski definition) is 3. The number of nitrogens with zero attached hydrogens (tertiary/aromatic N) is 3. The Bertz CT molecular complexity index is 1050. The Morgan fingerprint density at radius 2 is 1.92 bits per heavy atom. The summed E-state index contributed by atoms with van der Waals surface area (Å²) < 4.78 is 2.12. The zero-order valence-corrected chi connectivity index (χ0v) is 14.5. The average molecular weight is 349 g/mol. The molecular formula is C20H17ClN4. The van der Waals surface area contributed by atoms with Crippen LogP contribution >= 0.6 is 11.6 Å². The van der Waals surface area contributed by atoms with Gasteiger partial charge < -0.3 is 10.1 Å². The summed E-state index contributed by atoms with van der Waals surface area (Å²) in [4.78, 5) is 8.75. The molecule has 4 nitrogen and oxygen atoms in total. The quantitative estimate of drug-likeness (QED) is 0.591. The van der Waals surface area contributed by atoms with Gasteiger partial charge in [-0.15, -0.1) is 0 Å². The van der Waals surface area contributed by atoms with Crippen molar-refractivity contribution < 1.29 is 0 Å². The van der Waals surface area contributed by atoms with Crippen molar-refractivity contribution in [1.29, 1.82) is 0 Å². The molecule has 0 aliphatic rings. The topological polar surface area (TPSA) is 56.2 Å². The first kappa shape index (κ1) is 15.7. The number of imidazole rings is 1. The van der Waals surface area contributed by atoms with Gasteiger partial charge in [-0.25, -0.2) is 9.97 Å². The normalized spacial score (nSPS) is 11.1. The van der Waals surface area contributed by atoms with Crippen LogP contribution in [0, 0.1) is 6.92 Å². The van der Waals surface area contributed by atoms with Gasteiger partial charge in [-0.3, -0.25) is 0 Å². The molecule has 3 heterocycles. The van der Waals surface area contributed by atoms with E-state index in [-0.39, 0.29) is 0 Å². The van der Waals surface area contributed by atoms with Crippen molar-refractivity contribution in [3.8, 4) is 11.1 Å². The molecule has 0 aliphatic heterocycles. The fraction of sp³-hybridized carbons (Fsp3) is 0.100. The molecule has 0 unspecified atom stereocenters. The van der Waals surface area contributed by atoms with Crippen LogP contribution in [0.15, 0.2) is 61.1 Å². The molecule has 0 aliphatic carbocycles. The van der Waals surface area contributed by atoms with Crippen molar-refractivity contribution in [1.82, 2.24) is 14.4 Å². The Balaban J connectivity index is 1.85. The largest absolute Gasteiger partial charge is 0.384 e. The number of fused-ring (bicyclic) bond motifs is 1. The third-order valence-electron chi connectivity index (χ3n) is 4.24. The monoisotopic (exact) mass is 348 g/mol. The highest BCUT2D eigenvalue weighted by Gasteiger charge is 2.11. The SMILES string of the molecule is Cc1cnc2c(-c3cccc(Cl)c3)cc(Cc3ccc(N)nc3)cn12. The molecule has 0 fully saturated rings. The third-order valence-corrected chi connectivity index (χ3v) is 4.47. The number of nitrogen functional groups attached to an aromatic ring is 1. The minimum absolute atomic E-state index is 0.532. The van der Waals surface area contributed by atoms with E-state index in [2.05, 4.69) is 39.6 Å². The highest BCUT2D eigenvalue weighted by atomic mass is 35.5. The average Bonchev–Trinajstić information content (AvgIpc) is 2.98. The molecule has 0 saturated heterocycles. The highest BCUT2D eigenvalue weighted by Crippen LogP contribution is 2.28. The molecule has 4 rings (SSSR count). The number of halogens is 1. The van der Waals surface area contributed by atoms with E-state index < -0.39 is 0 Å². The molecule has 1 aromatic carbocycles. The number of aryl methyl sites for hydroxylation is 1. The maximum atomic E-state index is 6.19. The number of aromatic nitrogens is 3. The van der Waals surface area contributed by atoms with Gasteiger partial charge in [0, 0.05) is 41.3 Å². The molecule has 0 atom stereocenters. The first-order valence-electron chi connectivity index (χ1n) is 8.03. The van der Waals surface area contributed by atoms with E-state index in [4.69, 9.17) is 17.3 Å². The molecule has 124 valence electrons. The first-order valence-corrected chi connectivity index (χ1v) is 8.41. The van der Waals surface area contributed by atoms with Crippen molar-refractivity contribution in [2.45, 2.75) is 13.3 Å². The Labute approximate surface area is 150 Å². The minimum Gasteiger partial charge on any atom is -0.384 e. The summed E-state index contributed by atoms with van der Waals surface area (Å²) in [6.07, 6.45) is 6.60. The van der Waals surface area contributed by atoms with Crippen LogP contribution in [0.3, 0.4) is 0 Å². The van der Waals surface area contributed by atoms with Gasteiger partial charge >= 0.3 is 0 Å². The molecule has 5 heteroatoms. The van der Waals surface area contributed by atoms with Crippen molar-refractivity contribution in [3.05, 3.63) is 82.9 Å². The third kappa shape index (κ3) is 3.08. The van der Waals surface area contributed by atoms with Crippen LogP contribution in [0.2, 0.25) is 5.02 Å². The molecule has 3 aromatic heterocycles. The molecule has 0 saturated carbocycles. The summed E-state index contributed by atoms with van der Waals surface area (Å²) in [6.45, 7) is 2.05. The van der Waals surface area contributed by atoms with Crippen LogP contribution < -0.4 is 5.73 Å². The van der Waals surface area contributed by atoms with Crippen LogP contribution in [0.4, 0.5) is 5.82 Å². The lowest BCUT2D eigenvalue weighted by atomic mass is 10.0. The summed E-state index contributed by atoms with van der Waals surface area (Å²) >= 11 is 6.19. The van der Waals surface area contributed by atoms with Gasteiger partial charge in [0.2, 0.25) is 0 Å². The van der Waals surface area contributed by atoms with Gasteiger partial charge in [0.15, 0.2) is 0 Å². The highest BCUT2D eigenvalue weighted by molar-refractivity contribution is 6.30. The predicted octanol–water partition coefficient (Wildman–Crippen LogP) is 4.53. The fourth-order valence-electron chi connectivity index (χ4n) is 3.00. The summed E-state index contributed by atoms with van der Waals surface area (Å²) in [5.74, 6) is 0.532. The zero-order chi connectivity index (χ0) is 17.4. The zero-order valence-electron chi connectivity index (χ0n) is 13.8. The summed E-state index contributed by atoms with van der Waals surface area (Å²) in [5, 5.41) is 0.715. The summed E-state index contributed by atoms with van der Waals surface area (Å²) in [5.41, 5.74) is 12.1. The second kappa shape index (κ2) is 6.22. The molecule has 4 aromatic rings. The molecule has 0 radical (unpaired) electrons. The van der Waals surface area contributed by atoms with Crippen LogP contribution in [-0.4, -0.2) is 14.4 Å². The van der Waals surface area contributed by atoms with Gasteiger partial charge in [-0.2, -0.15) is 0 Å². The Kier molecular flexibility index (Phi) is 3.90. The number of rotatable bonds is 3. The second-order valence-corrected chi connectivity index (χ2v) is 6.57. The van der Waals surface area contributed by atoms with Crippen LogP contribution in [0.1, 0.15) is 16.8 Å². The van der Waals surface area contributed by atoms with Crippen molar-refractivity contribution in [2.75, 3.05) is 5.73 Å². The number of pyridine rings is 2. The summed E-state index contributed by atoms with van der Waals surface area (Å²) in [7, 11) is 0. The maximum Gasteiger partial charge on any atom is 0.144 e. The van der Waals surface area contributed by atoms with E-state index in [1.54, 1.807) is 0 Å². The summed E-state index contributed by atoms with van der Waals surface area (Å²) in [6, 6.07) is 13.9. The Morgan fingerprint density at radius 3 is 2.68 bits per heavy atom. The van der Waals surface area contributed by atoms with E-state index >= 15 is 0 Å². The Hall–Kier alpha value is -2.85. The van der Waals surface area contributed by atoms with E-state index in [9.17, 15) is 0 Å². The molecule has 2 N–H and O–H groups in total. The number of hydrogen-bond donors (Lipinski definition) is 1. The van der Waals surface area contributed by atoms with Crippen molar-refractivity contribution >= 4 is 23.1 Å². The molecule has 0 amide bonds. The predicted molar refractivity (Wildman–Crippen MR) is 102 cm³/mol. The van der Waals surface area contributed by atoms with E-state index in [0.717, 1.165) is 34.5 Å². The molecular weight excluding hydrogens is 332 g/mol. The van der Waals surface area contributed by atoms with E-state index in [0.29, 0.717) is 10.8 Å². The van der Waals surface area contributed by atoms with E-state index in [1.807, 2.05) is 42.7 Å². The van der Waals surface area contributed by atoms with E-state index in [1.165, 1.54) is 5.56 Å². The van der Waals surface area contributed by atoms with Crippen molar-refractivity contribution in [3.63, 3.8) is 0 Å². The lowest BCUT2D eigenvalue weighted by molar-refractivity contribution is 1.05. The number of anilines is 1. The Morgan fingerprint density at radius 1 is 1.04 bits per heavy atom. The first-order chi connectivity index (χ1) is 12.1. The van der Waals surface area contributed by atoms with Gasteiger partial charge in [-0.05, 0) is 47.9 Å². The smallest absolute Gasteiger partial charge is 0.144 e. The maximum absolute atomic E-state index is 6.19. The lowest BCUT2D eigenvalue weighted by Gasteiger charge is -2.10. The number of benzene rings is 1.